The van der Waals surface area contributed by atoms with E-state index in [0.717, 1.165) is 13.0 Å². The SMILES string of the molecule is CC(O)CC1CCCCN1Cc1cccs1. The summed E-state index contributed by atoms with van der Waals surface area (Å²) < 4.78 is 0. The molecule has 0 aromatic carbocycles. The third-order valence-electron chi connectivity index (χ3n) is 3.30. The number of piperidine rings is 1. The van der Waals surface area contributed by atoms with Gasteiger partial charge in [-0.1, -0.05) is 12.5 Å². The molecule has 0 radical (unpaired) electrons. The zero-order valence-corrected chi connectivity index (χ0v) is 10.7. The standard InChI is InChI=1S/C13H21NOS/c1-11(15)9-12-5-2-3-7-14(12)10-13-6-4-8-16-13/h4,6,8,11-12,15H,2-3,5,7,9-10H2,1H3. The first-order valence-electron chi connectivity index (χ1n) is 6.20. The Morgan fingerprint density at radius 2 is 2.44 bits per heavy atom. The fourth-order valence-electron chi connectivity index (χ4n) is 2.53. The van der Waals surface area contributed by atoms with Crippen LogP contribution >= 0.6 is 11.3 Å². The van der Waals surface area contributed by atoms with Crippen LogP contribution < -0.4 is 0 Å². The number of likely N-dealkylation sites (tertiary alicyclic amines) is 1. The molecule has 3 heteroatoms. The van der Waals surface area contributed by atoms with Crippen LogP contribution in [0.3, 0.4) is 0 Å². The largest absolute Gasteiger partial charge is 0.393 e. The van der Waals surface area contributed by atoms with Gasteiger partial charge in [0.05, 0.1) is 6.10 Å². The number of hydrogen-bond acceptors (Lipinski definition) is 3. The van der Waals surface area contributed by atoms with Gasteiger partial charge in [-0.2, -0.15) is 0 Å². The normalized spacial score (nSPS) is 24.5. The number of rotatable bonds is 4. The Hall–Kier alpha value is -0.380. The highest BCUT2D eigenvalue weighted by Crippen LogP contribution is 2.24. The molecule has 1 aromatic rings. The van der Waals surface area contributed by atoms with Gasteiger partial charge < -0.3 is 5.11 Å². The number of nitrogens with zero attached hydrogens (tertiary/aromatic N) is 1. The quantitative estimate of drug-likeness (QED) is 0.873. The predicted molar refractivity (Wildman–Crippen MR) is 68.7 cm³/mol. The maximum Gasteiger partial charge on any atom is 0.0527 e. The average molecular weight is 239 g/mol. The van der Waals surface area contributed by atoms with Gasteiger partial charge in [-0.15, -0.1) is 11.3 Å². The van der Waals surface area contributed by atoms with E-state index in [4.69, 9.17) is 0 Å². The highest BCUT2D eigenvalue weighted by atomic mass is 32.1. The van der Waals surface area contributed by atoms with Crippen LogP contribution in [-0.2, 0) is 6.54 Å². The summed E-state index contributed by atoms with van der Waals surface area (Å²) >= 11 is 1.83. The van der Waals surface area contributed by atoms with Crippen molar-refractivity contribution in [3.8, 4) is 0 Å². The predicted octanol–water partition coefficient (Wildman–Crippen LogP) is 2.87. The Balaban J connectivity index is 1.93. The van der Waals surface area contributed by atoms with Gasteiger partial charge in [-0.05, 0) is 44.2 Å². The van der Waals surface area contributed by atoms with Gasteiger partial charge in [0.15, 0.2) is 0 Å². The number of aliphatic hydroxyl groups excluding tert-OH is 1. The van der Waals surface area contributed by atoms with Crippen molar-refractivity contribution >= 4 is 11.3 Å². The summed E-state index contributed by atoms with van der Waals surface area (Å²) in [5.74, 6) is 0. The van der Waals surface area contributed by atoms with Crippen LogP contribution in [0.5, 0.6) is 0 Å². The molecule has 1 N–H and O–H groups in total. The van der Waals surface area contributed by atoms with Gasteiger partial charge in [0, 0.05) is 17.5 Å². The van der Waals surface area contributed by atoms with E-state index < -0.39 is 0 Å². The van der Waals surface area contributed by atoms with Crippen LogP contribution in [0.2, 0.25) is 0 Å². The molecule has 1 aliphatic rings. The smallest absolute Gasteiger partial charge is 0.0527 e. The molecule has 0 bridgehead atoms. The molecular weight excluding hydrogens is 218 g/mol. The Kier molecular flexibility index (Phi) is 4.38. The fraction of sp³-hybridized carbons (Fsp3) is 0.692. The van der Waals surface area contributed by atoms with Crippen molar-refractivity contribution in [2.45, 2.75) is 51.3 Å². The zero-order chi connectivity index (χ0) is 11.4. The monoisotopic (exact) mass is 239 g/mol. The summed E-state index contributed by atoms with van der Waals surface area (Å²) in [6.45, 7) is 4.16. The molecule has 2 unspecified atom stereocenters. The van der Waals surface area contributed by atoms with E-state index in [-0.39, 0.29) is 6.10 Å². The summed E-state index contributed by atoms with van der Waals surface area (Å²) in [5.41, 5.74) is 0. The van der Waals surface area contributed by atoms with E-state index in [1.807, 2.05) is 18.3 Å². The lowest BCUT2D eigenvalue weighted by molar-refractivity contribution is 0.0825. The van der Waals surface area contributed by atoms with Gasteiger partial charge >= 0.3 is 0 Å². The topological polar surface area (TPSA) is 23.5 Å². The molecule has 16 heavy (non-hydrogen) atoms. The Bertz CT molecular complexity index is 297. The van der Waals surface area contributed by atoms with Crippen LogP contribution in [-0.4, -0.2) is 28.7 Å². The van der Waals surface area contributed by atoms with Crippen LogP contribution in [0.1, 0.15) is 37.5 Å². The van der Waals surface area contributed by atoms with E-state index in [1.54, 1.807) is 0 Å². The van der Waals surface area contributed by atoms with Crippen molar-refractivity contribution in [1.29, 1.82) is 0 Å². The lowest BCUT2D eigenvalue weighted by Crippen LogP contribution is -2.40. The number of aliphatic hydroxyl groups is 1. The Morgan fingerprint density at radius 3 is 3.12 bits per heavy atom. The molecule has 0 amide bonds. The molecule has 0 aliphatic carbocycles. The first kappa shape index (κ1) is 12.1. The Morgan fingerprint density at radius 1 is 1.56 bits per heavy atom. The third-order valence-corrected chi connectivity index (χ3v) is 4.16. The van der Waals surface area contributed by atoms with Gasteiger partial charge in [0.2, 0.25) is 0 Å². The molecule has 1 fully saturated rings. The lowest BCUT2D eigenvalue weighted by atomic mass is 9.97. The van der Waals surface area contributed by atoms with Crippen LogP contribution in [0.25, 0.3) is 0 Å². The molecule has 2 heterocycles. The van der Waals surface area contributed by atoms with Crippen LogP contribution in [0, 0.1) is 0 Å². The summed E-state index contributed by atoms with van der Waals surface area (Å²) in [6.07, 6.45) is 4.62. The van der Waals surface area contributed by atoms with Crippen LogP contribution in [0.15, 0.2) is 17.5 Å². The lowest BCUT2D eigenvalue weighted by Gasteiger charge is -2.36. The molecule has 2 rings (SSSR count). The molecule has 1 aliphatic heterocycles. The number of hydrogen-bond donors (Lipinski definition) is 1. The van der Waals surface area contributed by atoms with Crippen LogP contribution in [0.4, 0.5) is 0 Å². The summed E-state index contributed by atoms with van der Waals surface area (Å²) in [5, 5.41) is 11.7. The molecule has 0 spiro atoms. The second-order valence-electron chi connectivity index (χ2n) is 4.78. The first-order chi connectivity index (χ1) is 7.75. The average Bonchev–Trinajstić information content (AvgIpc) is 2.73. The molecular formula is C13H21NOS. The second kappa shape index (κ2) is 5.80. The summed E-state index contributed by atoms with van der Waals surface area (Å²) in [6, 6.07) is 4.91. The van der Waals surface area contributed by atoms with E-state index >= 15 is 0 Å². The third kappa shape index (κ3) is 3.30. The molecule has 0 saturated carbocycles. The van der Waals surface area contributed by atoms with Crippen molar-refractivity contribution in [3.63, 3.8) is 0 Å². The molecule has 90 valence electrons. The highest BCUT2D eigenvalue weighted by Gasteiger charge is 2.23. The molecule has 1 saturated heterocycles. The van der Waals surface area contributed by atoms with Crippen molar-refractivity contribution in [2.75, 3.05) is 6.54 Å². The number of thiophene rings is 1. The molecule has 2 atom stereocenters. The summed E-state index contributed by atoms with van der Waals surface area (Å²) in [7, 11) is 0. The minimum Gasteiger partial charge on any atom is -0.393 e. The van der Waals surface area contributed by atoms with Crippen molar-refractivity contribution in [3.05, 3.63) is 22.4 Å². The van der Waals surface area contributed by atoms with Gasteiger partial charge in [0.1, 0.15) is 0 Å². The maximum atomic E-state index is 9.52. The zero-order valence-electron chi connectivity index (χ0n) is 9.93. The van der Waals surface area contributed by atoms with Gasteiger partial charge in [-0.3, -0.25) is 4.90 Å². The van der Waals surface area contributed by atoms with E-state index in [1.165, 1.54) is 30.7 Å². The minimum atomic E-state index is -0.172. The van der Waals surface area contributed by atoms with Crippen molar-refractivity contribution in [2.24, 2.45) is 0 Å². The van der Waals surface area contributed by atoms with Crippen molar-refractivity contribution in [1.82, 2.24) is 4.90 Å². The Labute approximate surface area is 102 Å². The minimum absolute atomic E-state index is 0.172. The fourth-order valence-corrected chi connectivity index (χ4v) is 3.26. The second-order valence-corrected chi connectivity index (χ2v) is 5.82. The van der Waals surface area contributed by atoms with E-state index in [9.17, 15) is 5.11 Å². The first-order valence-corrected chi connectivity index (χ1v) is 7.08. The van der Waals surface area contributed by atoms with Crippen molar-refractivity contribution < 1.29 is 5.11 Å². The van der Waals surface area contributed by atoms with Gasteiger partial charge in [-0.25, -0.2) is 0 Å². The summed E-state index contributed by atoms with van der Waals surface area (Å²) in [4.78, 5) is 3.99. The van der Waals surface area contributed by atoms with E-state index in [2.05, 4.69) is 22.4 Å². The maximum absolute atomic E-state index is 9.52. The van der Waals surface area contributed by atoms with E-state index in [0.29, 0.717) is 6.04 Å². The molecule has 1 aromatic heterocycles. The van der Waals surface area contributed by atoms with Gasteiger partial charge in [0.25, 0.3) is 0 Å². The molecule has 2 nitrogen and oxygen atoms in total. The highest BCUT2D eigenvalue weighted by molar-refractivity contribution is 7.09.